The van der Waals surface area contributed by atoms with Crippen LogP contribution in [-0.2, 0) is 10.4 Å². The molecule has 18 heavy (non-hydrogen) atoms. The highest BCUT2D eigenvalue weighted by Crippen LogP contribution is 2.33. The van der Waals surface area contributed by atoms with E-state index in [4.69, 9.17) is 5.11 Å². The highest BCUT2D eigenvalue weighted by molar-refractivity contribution is 5.78. The van der Waals surface area contributed by atoms with Crippen molar-refractivity contribution in [1.82, 2.24) is 0 Å². The first-order valence-electron chi connectivity index (χ1n) is 6.58. The van der Waals surface area contributed by atoms with Gasteiger partial charge in [0, 0.05) is 0 Å². The SMILES string of the molecule is CC(O)(C(=O)O)c1ccc(C2CCCCC2)cc1. The molecule has 1 aliphatic rings. The summed E-state index contributed by atoms with van der Waals surface area (Å²) < 4.78 is 0. The van der Waals surface area contributed by atoms with Crippen LogP contribution in [0.4, 0.5) is 0 Å². The second kappa shape index (κ2) is 5.11. The molecule has 1 unspecified atom stereocenters. The predicted molar refractivity (Wildman–Crippen MR) is 69.5 cm³/mol. The van der Waals surface area contributed by atoms with Gasteiger partial charge in [-0.15, -0.1) is 0 Å². The van der Waals surface area contributed by atoms with Crippen LogP contribution >= 0.6 is 0 Å². The van der Waals surface area contributed by atoms with Gasteiger partial charge in [0.2, 0.25) is 0 Å². The van der Waals surface area contributed by atoms with Crippen molar-refractivity contribution >= 4 is 5.97 Å². The number of aliphatic hydroxyl groups is 1. The summed E-state index contributed by atoms with van der Waals surface area (Å²) in [6.07, 6.45) is 6.31. The monoisotopic (exact) mass is 248 g/mol. The van der Waals surface area contributed by atoms with Crippen LogP contribution in [0.3, 0.4) is 0 Å². The van der Waals surface area contributed by atoms with Gasteiger partial charge in [-0.3, -0.25) is 0 Å². The van der Waals surface area contributed by atoms with Gasteiger partial charge in [-0.25, -0.2) is 4.79 Å². The normalized spacial score (nSPS) is 20.3. The van der Waals surface area contributed by atoms with Crippen LogP contribution < -0.4 is 0 Å². The van der Waals surface area contributed by atoms with Crippen LogP contribution in [0.25, 0.3) is 0 Å². The number of carboxylic acids is 1. The molecule has 1 fully saturated rings. The molecule has 2 rings (SSSR count). The Morgan fingerprint density at radius 2 is 1.72 bits per heavy atom. The Labute approximate surface area is 107 Å². The van der Waals surface area contributed by atoms with E-state index in [-0.39, 0.29) is 0 Å². The highest BCUT2D eigenvalue weighted by atomic mass is 16.4. The molecule has 0 radical (unpaired) electrons. The van der Waals surface area contributed by atoms with E-state index in [0.717, 1.165) is 0 Å². The first-order chi connectivity index (χ1) is 8.51. The third-order valence-corrected chi connectivity index (χ3v) is 3.97. The molecular formula is C15H20O3. The largest absolute Gasteiger partial charge is 0.479 e. The first-order valence-corrected chi connectivity index (χ1v) is 6.58. The second-order valence-electron chi connectivity index (χ2n) is 5.33. The second-order valence-corrected chi connectivity index (χ2v) is 5.33. The van der Waals surface area contributed by atoms with Gasteiger partial charge in [0.05, 0.1) is 0 Å². The third kappa shape index (κ3) is 2.56. The quantitative estimate of drug-likeness (QED) is 0.864. The maximum absolute atomic E-state index is 11.0. The van der Waals surface area contributed by atoms with E-state index >= 15 is 0 Å². The van der Waals surface area contributed by atoms with E-state index in [1.54, 1.807) is 12.1 Å². The minimum atomic E-state index is -1.80. The van der Waals surface area contributed by atoms with Crippen LogP contribution in [0.1, 0.15) is 56.1 Å². The lowest BCUT2D eigenvalue weighted by atomic mass is 9.83. The Morgan fingerprint density at radius 3 is 2.22 bits per heavy atom. The third-order valence-electron chi connectivity index (χ3n) is 3.97. The first kappa shape index (κ1) is 13.1. The molecule has 0 spiro atoms. The topological polar surface area (TPSA) is 57.5 Å². The molecule has 0 amide bonds. The summed E-state index contributed by atoms with van der Waals surface area (Å²) in [5.74, 6) is -0.615. The molecule has 0 aromatic heterocycles. The molecule has 3 nitrogen and oxygen atoms in total. The van der Waals surface area contributed by atoms with Gasteiger partial charge in [0.1, 0.15) is 0 Å². The Bertz CT molecular complexity index is 414. The number of rotatable bonds is 3. The van der Waals surface area contributed by atoms with Gasteiger partial charge in [0.25, 0.3) is 0 Å². The smallest absolute Gasteiger partial charge is 0.340 e. The summed E-state index contributed by atoms with van der Waals surface area (Å²) in [5.41, 5.74) is -0.0975. The van der Waals surface area contributed by atoms with E-state index in [1.807, 2.05) is 12.1 Å². The molecule has 1 saturated carbocycles. The van der Waals surface area contributed by atoms with Gasteiger partial charge >= 0.3 is 5.97 Å². The Morgan fingerprint density at radius 1 is 1.17 bits per heavy atom. The Balaban J connectivity index is 2.17. The van der Waals surface area contributed by atoms with Crippen molar-refractivity contribution in [2.24, 2.45) is 0 Å². The number of benzene rings is 1. The van der Waals surface area contributed by atoms with Crippen LogP contribution in [0.5, 0.6) is 0 Å². The summed E-state index contributed by atoms with van der Waals surface area (Å²) in [6.45, 7) is 1.31. The Kier molecular flexibility index (Phi) is 3.71. The van der Waals surface area contributed by atoms with Crippen molar-refractivity contribution in [3.8, 4) is 0 Å². The van der Waals surface area contributed by atoms with Crippen molar-refractivity contribution in [1.29, 1.82) is 0 Å². The van der Waals surface area contributed by atoms with E-state index in [2.05, 4.69) is 0 Å². The van der Waals surface area contributed by atoms with Crippen molar-refractivity contribution < 1.29 is 15.0 Å². The maximum atomic E-state index is 11.0. The molecule has 0 saturated heterocycles. The van der Waals surface area contributed by atoms with E-state index in [1.165, 1.54) is 44.6 Å². The molecule has 0 bridgehead atoms. The molecule has 0 heterocycles. The molecular weight excluding hydrogens is 228 g/mol. The molecule has 1 aliphatic carbocycles. The summed E-state index contributed by atoms with van der Waals surface area (Å²) in [7, 11) is 0. The van der Waals surface area contributed by atoms with Gasteiger partial charge in [0.15, 0.2) is 5.60 Å². The molecule has 98 valence electrons. The standard InChI is InChI=1S/C15H20O3/c1-15(18,14(16)17)13-9-7-12(8-10-13)11-5-3-2-4-6-11/h7-11,18H,2-6H2,1H3,(H,16,17). The van der Waals surface area contributed by atoms with Crippen molar-refractivity contribution in [3.63, 3.8) is 0 Å². The minimum Gasteiger partial charge on any atom is -0.479 e. The number of hydrogen-bond acceptors (Lipinski definition) is 2. The zero-order chi connectivity index (χ0) is 13.2. The number of carboxylic acid groups (broad SMARTS) is 1. The van der Waals surface area contributed by atoms with Crippen LogP contribution in [0.2, 0.25) is 0 Å². The lowest BCUT2D eigenvalue weighted by molar-refractivity contribution is -0.157. The predicted octanol–water partition coefficient (Wildman–Crippen LogP) is 3.03. The fraction of sp³-hybridized carbons (Fsp3) is 0.533. The van der Waals surface area contributed by atoms with Crippen molar-refractivity contribution in [2.75, 3.05) is 0 Å². The van der Waals surface area contributed by atoms with Crippen LogP contribution in [0.15, 0.2) is 24.3 Å². The Hall–Kier alpha value is -1.35. The zero-order valence-corrected chi connectivity index (χ0v) is 10.7. The molecule has 1 atom stereocenters. The average Bonchev–Trinajstić information content (AvgIpc) is 2.40. The number of aliphatic carboxylic acids is 1. The summed E-state index contributed by atoms with van der Waals surface area (Å²) in [6, 6.07) is 7.39. The molecule has 1 aromatic rings. The van der Waals surface area contributed by atoms with E-state index in [9.17, 15) is 9.90 Å². The van der Waals surface area contributed by atoms with Crippen molar-refractivity contribution in [3.05, 3.63) is 35.4 Å². The van der Waals surface area contributed by atoms with E-state index in [0.29, 0.717) is 11.5 Å². The molecule has 0 aliphatic heterocycles. The summed E-state index contributed by atoms with van der Waals surface area (Å²) in [4.78, 5) is 11.0. The zero-order valence-electron chi connectivity index (χ0n) is 10.7. The van der Waals surface area contributed by atoms with Gasteiger partial charge in [-0.2, -0.15) is 0 Å². The number of carbonyl (C=O) groups is 1. The summed E-state index contributed by atoms with van der Waals surface area (Å²) in [5, 5.41) is 18.8. The molecule has 3 heteroatoms. The number of hydrogen-bond donors (Lipinski definition) is 2. The summed E-state index contributed by atoms with van der Waals surface area (Å²) >= 11 is 0. The van der Waals surface area contributed by atoms with Gasteiger partial charge in [-0.05, 0) is 36.8 Å². The van der Waals surface area contributed by atoms with Gasteiger partial charge < -0.3 is 10.2 Å². The average molecular weight is 248 g/mol. The fourth-order valence-corrected chi connectivity index (χ4v) is 2.64. The minimum absolute atomic E-state index is 0.439. The van der Waals surface area contributed by atoms with Crippen molar-refractivity contribution in [2.45, 2.75) is 50.5 Å². The maximum Gasteiger partial charge on any atom is 0.340 e. The van der Waals surface area contributed by atoms with Crippen LogP contribution in [0, 0.1) is 0 Å². The fourth-order valence-electron chi connectivity index (χ4n) is 2.64. The lowest BCUT2D eigenvalue weighted by Gasteiger charge is -2.23. The van der Waals surface area contributed by atoms with E-state index < -0.39 is 11.6 Å². The van der Waals surface area contributed by atoms with Gasteiger partial charge in [-0.1, -0.05) is 43.5 Å². The molecule has 2 N–H and O–H groups in total. The molecule has 1 aromatic carbocycles. The lowest BCUT2D eigenvalue weighted by Crippen LogP contribution is -2.31. The highest BCUT2D eigenvalue weighted by Gasteiger charge is 2.32. The van der Waals surface area contributed by atoms with Crippen LogP contribution in [-0.4, -0.2) is 16.2 Å².